The number of unbranched alkanes of at least 4 members (excludes halogenated alkanes) is 11. The van der Waals surface area contributed by atoms with Crippen molar-refractivity contribution in [3.05, 3.63) is 0 Å². The van der Waals surface area contributed by atoms with E-state index in [1.54, 1.807) is 0 Å². The molecule has 0 radical (unpaired) electrons. The molecule has 0 aromatic rings. The molecule has 92 heavy (non-hydrogen) atoms. The van der Waals surface area contributed by atoms with Crippen LogP contribution < -0.4 is 0 Å². The van der Waals surface area contributed by atoms with Gasteiger partial charge in [-0.3, -0.25) is 28.8 Å². The maximum Gasteiger partial charge on any atom is 0.309 e. The van der Waals surface area contributed by atoms with Gasteiger partial charge in [-0.25, -0.2) is 0 Å². The third-order valence-corrected chi connectivity index (χ3v) is 22.4. The number of esters is 6. The summed E-state index contributed by atoms with van der Waals surface area (Å²) in [4.78, 5) is 76.8. The van der Waals surface area contributed by atoms with Crippen molar-refractivity contribution in [1.29, 1.82) is 0 Å². The van der Waals surface area contributed by atoms with Crippen molar-refractivity contribution in [2.75, 3.05) is 97.2 Å². The van der Waals surface area contributed by atoms with E-state index in [0.29, 0.717) is 87.5 Å². The number of rotatable bonds is 69. The van der Waals surface area contributed by atoms with Crippen LogP contribution in [0.5, 0.6) is 0 Å². The lowest BCUT2D eigenvalue weighted by Gasteiger charge is -2.18. The van der Waals surface area contributed by atoms with Crippen LogP contribution in [-0.4, -0.2) is 166 Å². The Morgan fingerprint density at radius 1 is 0.283 bits per heavy atom. The first-order valence-corrected chi connectivity index (χ1v) is 43.0. The number of aliphatic hydroxyl groups excluding tert-OH is 2. The van der Waals surface area contributed by atoms with Crippen molar-refractivity contribution < 1.29 is 67.4 Å². The molecule has 2 N–H and O–H groups in total. The quantitative estimate of drug-likeness (QED) is 0.0331. The summed E-state index contributed by atoms with van der Waals surface area (Å²) in [6.45, 7) is 17.6. The Kier molecular flexibility index (Phi) is 66.2. The second-order valence-electron chi connectivity index (χ2n) is 25.6. The molecule has 0 saturated carbocycles. The van der Waals surface area contributed by atoms with Gasteiger partial charge in [0.05, 0.1) is 62.3 Å². The van der Waals surface area contributed by atoms with Gasteiger partial charge in [-0.1, -0.05) is 66.2 Å². The van der Waals surface area contributed by atoms with Gasteiger partial charge < -0.3 is 38.6 Å². The normalized spacial score (nSPS) is 13.0. The molecule has 0 amide bonds. The van der Waals surface area contributed by atoms with E-state index in [2.05, 4.69) is 27.7 Å². The lowest BCUT2D eigenvalue weighted by molar-refractivity contribution is -0.154. The maximum absolute atomic E-state index is 13.0. The molecule has 0 saturated heterocycles. The molecular formula is C72H134O14S6. The predicted octanol–water partition coefficient (Wildman–Crippen LogP) is 18.0. The van der Waals surface area contributed by atoms with Crippen LogP contribution in [0.25, 0.3) is 0 Å². The highest BCUT2D eigenvalue weighted by Gasteiger charge is 2.24. The minimum Gasteiger partial charge on any atom is -0.466 e. The van der Waals surface area contributed by atoms with Gasteiger partial charge in [-0.05, 0) is 263 Å². The Labute approximate surface area is 587 Å². The zero-order chi connectivity index (χ0) is 67.9. The summed E-state index contributed by atoms with van der Waals surface area (Å²) in [6.07, 6.45) is 28.9. The average molecular weight is 1420 g/mol. The van der Waals surface area contributed by atoms with Crippen LogP contribution in [0.15, 0.2) is 0 Å². The Bertz CT molecular complexity index is 1620. The fraction of sp³-hybridized carbons (Fsp3) is 0.917. The molecule has 4 unspecified atom stereocenters. The molecule has 542 valence electrons. The molecule has 4 atom stereocenters. The Morgan fingerprint density at radius 2 is 0.543 bits per heavy atom. The second kappa shape index (κ2) is 67.0. The van der Waals surface area contributed by atoms with Crippen LogP contribution in [0, 0.1) is 23.7 Å². The monoisotopic (exact) mass is 1410 g/mol. The molecule has 0 aromatic carbocycles. The highest BCUT2D eigenvalue weighted by molar-refractivity contribution is 8.00. The van der Waals surface area contributed by atoms with Crippen LogP contribution in [0.3, 0.4) is 0 Å². The van der Waals surface area contributed by atoms with E-state index in [1.807, 2.05) is 98.3 Å². The van der Waals surface area contributed by atoms with Gasteiger partial charge in [-0.15, -0.1) is 0 Å². The van der Waals surface area contributed by atoms with Crippen molar-refractivity contribution >= 4 is 106 Å². The SMILES string of the molecule is CC(C)OC(=O)C(CCCOC(=O)CCCCOC(=O)C(CCCO)CCCSCCCCCCSC(C)C)CCCSCCCCCCSCCCC(CCCOC(=O)CCCCOC(=O)C(CCCO)CCCSCCCCCCSC(C)C)C(=O)OC(C)C. The molecule has 0 aliphatic heterocycles. The third kappa shape index (κ3) is 61.2. The van der Waals surface area contributed by atoms with E-state index in [1.165, 1.54) is 75.7 Å². The minimum absolute atomic E-state index is 0.0610. The Morgan fingerprint density at radius 3 is 0.837 bits per heavy atom. The van der Waals surface area contributed by atoms with E-state index in [4.69, 9.17) is 28.4 Å². The number of hydrogen-bond donors (Lipinski definition) is 2. The van der Waals surface area contributed by atoms with E-state index >= 15 is 0 Å². The molecule has 0 rings (SSSR count). The topological polar surface area (TPSA) is 198 Å². The molecule has 0 aromatic heterocycles. The average Bonchev–Trinajstić information content (AvgIpc) is 2.78. The summed E-state index contributed by atoms with van der Waals surface area (Å²) in [5, 5.41) is 20.2. The summed E-state index contributed by atoms with van der Waals surface area (Å²) in [5.74, 6) is 8.85. The second-order valence-corrected chi connectivity index (χ2v) is 33.8. The minimum atomic E-state index is -0.282. The van der Waals surface area contributed by atoms with Crippen LogP contribution in [-0.2, 0) is 57.2 Å². The van der Waals surface area contributed by atoms with E-state index in [-0.39, 0.29) is 124 Å². The highest BCUT2D eigenvalue weighted by atomic mass is 32.2. The van der Waals surface area contributed by atoms with Crippen molar-refractivity contribution in [1.82, 2.24) is 0 Å². The Balaban J connectivity index is 4.28. The maximum atomic E-state index is 13.0. The van der Waals surface area contributed by atoms with Crippen LogP contribution >= 0.6 is 70.6 Å². The highest BCUT2D eigenvalue weighted by Crippen LogP contribution is 2.25. The van der Waals surface area contributed by atoms with Crippen molar-refractivity contribution in [2.45, 2.75) is 296 Å². The smallest absolute Gasteiger partial charge is 0.309 e. The van der Waals surface area contributed by atoms with Gasteiger partial charge in [0, 0.05) is 26.1 Å². The number of carbonyl (C=O) groups is 6. The van der Waals surface area contributed by atoms with Crippen molar-refractivity contribution in [3.63, 3.8) is 0 Å². The van der Waals surface area contributed by atoms with Gasteiger partial charge in [0.15, 0.2) is 0 Å². The van der Waals surface area contributed by atoms with E-state index in [9.17, 15) is 39.0 Å². The van der Waals surface area contributed by atoms with E-state index in [0.717, 1.165) is 110 Å². The van der Waals surface area contributed by atoms with Gasteiger partial charge in [0.1, 0.15) is 0 Å². The molecule has 0 bridgehead atoms. The molecule has 0 heterocycles. The van der Waals surface area contributed by atoms with Crippen molar-refractivity contribution in [2.24, 2.45) is 23.7 Å². The summed E-state index contributed by atoms with van der Waals surface area (Å²) in [5.41, 5.74) is 0. The predicted molar refractivity (Wildman–Crippen MR) is 396 cm³/mol. The number of carbonyl (C=O) groups excluding carboxylic acids is 6. The van der Waals surface area contributed by atoms with Gasteiger partial charge in [0.25, 0.3) is 0 Å². The van der Waals surface area contributed by atoms with E-state index < -0.39 is 0 Å². The largest absolute Gasteiger partial charge is 0.466 e. The van der Waals surface area contributed by atoms with Crippen molar-refractivity contribution in [3.8, 4) is 0 Å². The van der Waals surface area contributed by atoms with Crippen LogP contribution in [0.4, 0.5) is 0 Å². The standard InChI is InChI=1S/C72H134O14S6/c1-59(2)85-71(79)65(35-27-47-81-67(75)41-15-17-45-83-69(77)63(33-25-43-73)37-29-53-87-51-21-11-13-23-57-91-61(5)6)39-31-55-89-49-19-9-10-20-50-90-56-32-40-66(72(80)86-60(3)4)36-28-48-82-68(76)42-16-18-46-84-70(78)64(34-26-44-74)38-30-54-88-52-22-12-14-24-58-92-62(7)8/h59-66,73-74H,9-58H2,1-8H3. The molecule has 0 aliphatic carbocycles. The van der Waals surface area contributed by atoms with Gasteiger partial charge in [-0.2, -0.15) is 70.6 Å². The first-order chi connectivity index (χ1) is 44.5. The van der Waals surface area contributed by atoms with Crippen LogP contribution in [0.1, 0.15) is 274 Å². The number of aliphatic hydroxyl groups is 2. The first kappa shape index (κ1) is 90.8. The third-order valence-electron chi connectivity index (χ3n) is 15.4. The summed E-state index contributed by atoms with van der Waals surface area (Å²) in [6, 6.07) is 0. The number of ether oxygens (including phenoxy) is 6. The molecule has 14 nitrogen and oxygen atoms in total. The lowest BCUT2D eigenvalue weighted by Crippen LogP contribution is -2.22. The van der Waals surface area contributed by atoms with Crippen LogP contribution in [0.2, 0.25) is 0 Å². The molecule has 0 aliphatic rings. The summed E-state index contributed by atoms with van der Waals surface area (Å²) in [7, 11) is 0. The zero-order valence-electron chi connectivity index (χ0n) is 59.2. The molecule has 0 spiro atoms. The lowest BCUT2D eigenvalue weighted by atomic mass is 9.98. The molecule has 20 heteroatoms. The number of thioether (sulfide) groups is 6. The first-order valence-electron chi connectivity index (χ1n) is 36.3. The summed E-state index contributed by atoms with van der Waals surface area (Å²) < 4.78 is 33.4. The number of hydrogen-bond acceptors (Lipinski definition) is 20. The fourth-order valence-corrected chi connectivity index (χ4v) is 15.8. The van der Waals surface area contributed by atoms with Gasteiger partial charge in [0.2, 0.25) is 0 Å². The zero-order valence-corrected chi connectivity index (χ0v) is 64.1. The molecular weight excluding hydrogens is 1280 g/mol. The molecule has 0 fully saturated rings. The summed E-state index contributed by atoms with van der Waals surface area (Å²) >= 11 is 11.9. The fourth-order valence-electron chi connectivity index (χ4n) is 10.2. The Hall–Kier alpha value is -1.16. The van der Waals surface area contributed by atoms with Gasteiger partial charge >= 0.3 is 35.8 Å².